The van der Waals surface area contributed by atoms with E-state index in [1.807, 2.05) is 32.0 Å². The van der Waals surface area contributed by atoms with E-state index >= 15 is 0 Å². The third-order valence-corrected chi connectivity index (χ3v) is 3.96. The zero-order valence-corrected chi connectivity index (χ0v) is 11.0. The number of amides is 1. The van der Waals surface area contributed by atoms with Crippen LogP contribution >= 0.6 is 11.3 Å². The van der Waals surface area contributed by atoms with Crippen LogP contribution in [0.3, 0.4) is 0 Å². The molecule has 0 saturated carbocycles. The Kier molecular flexibility index (Phi) is 2.38. The second kappa shape index (κ2) is 3.81. The van der Waals surface area contributed by atoms with Crippen molar-refractivity contribution in [2.24, 2.45) is 0 Å². The van der Waals surface area contributed by atoms with E-state index in [4.69, 9.17) is 0 Å². The monoisotopic (exact) mass is 259 g/mol. The molecular formula is C13H13N3OS. The van der Waals surface area contributed by atoms with E-state index in [1.165, 1.54) is 11.3 Å². The Bertz CT molecular complexity index is 604. The van der Waals surface area contributed by atoms with Crippen LogP contribution in [0.1, 0.15) is 23.5 Å². The molecule has 0 aromatic carbocycles. The Morgan fingerprint density at radius 1 is 1.22 bits per heavy atom. The Morgan fingerprint density at radius 2 is 1.94 bits per heavy atom. The normalized spacial score (nSPS) is 16.7. The molecule has 5 heteroatoms. The minimum atomic E-state index is -0.402. The van der Waals surface area contributed by atoms with Crippen LogP contribution in [-0.4, -0.2) is 16.6 Å². The molecule has 2 aromatic rings. The van der Waals surface area contributed by atoms with Gasteiger partial charge in [0.25, 0.3) is 5.91 Å². The first-order valence-electron chi connectivity index (χ1n) is 5.70. The van der Waals surface area contributed by atoms with Crippen LogP contribution in [0.5, 0.6) is 0 Å². The second-order valence-corrected chi connectivity index (χ2v) is 5.85. The number of fused-ring (bicyclic) bond motifs is 1. The predicted molar refractivity (Wildman–Crippen MR) is 72.7 cm³/mol. The van der Waals surface area contributed by atoms with Gasteiger partial charge in [0.15, 0.2) is 0 Å². The van der Waals surface area contributed by atoms with E-state index in [2.05, 4.69) is 15.6 Å². The zero-order valence-electron chi connectivity index (χ0n) is 10.2. The topological polar surface area (TPSA) is 54.0 Å². The van der Waals surface area contributed by atoms with Gasteiger partial charge in [-0.25, -0.2) is 0 Å². The van der Waals surface area contributed by atoms with E-state index in [-0.39, 0.29) is 5.91 Å². The third kappa shape index (κ3) is 1.86. The van der Waals surface area contributed by atoms with Crippen LogP contribution in [0.4, 0.5) is 5.69 Å². The number of nitrogens with one attached hydrogen (secondary N) is 2. The SMILES string of the molecule is CC1(C)NC(=O)c2sc(-c3ccncc3)cc2N1. The molecule has 0 aliphatic carbocycles. The van der Waals surface area contributed by atoms with Gasteiger partial charge in [-0.3, -0.25) is 9.78 Å². The molecule has 0 atom stereocenters. The summed E-state index contributed by atoms with van der Waals surface area (Å²) in [7, 11) is 0. The van der Waals surface area contributed by atoms with Crippen LogP contribution in [0.25, 0.3) is 10.4 Å². The molecular weight excluding hydrogens is 246 g/mol. The summed E-state index contributed by atoms with van der Waals surface area (Å²) in [6.07, 6.45) is 3.51. The highest BCUT2D eigenvalue weighted by atomic mass is 32.1. The van der Waals surface area contributed by atoms with Crippen molar-refractivity contribution in [1.82, 2.24) is 10.3 Å². The molecule has 92 valence electrons. The van der Waals surface area contributed by atoms with Gasteiger partial charge < -0.3 is 10.6 Å². The fraction of sp³-hybridized carbons (Fsp3) is 0.231. The molecule has 2 aromatic heterocycles. The molecule has 2 N–H and O–H groups in total. The number of carbonyl (C=O) groups is 1. The van der Waals surface area contributed by atoms with Gasteiger partial charge in [0, 0.05) is 17.3 Å². The molecule has 4 nitrogen and oxygen atoms in total. The highest BCUT2D eigenvalue weighted by Crippen LogP contribution is 2.37. The van der Waals surface area contributed by atoms with Crippen molar-refractivity contribution in [3.8, 4) is 10.4 Å². The second-order valence-electron chi connectivity index (χ2n) is 4.79. The fourth-order valence-corrected chi connectivity index (χ4v) is 3.03. The van der Waals surface area contributed by atoms with E-state index in [0.717, 1.165) is 21.0 Å². The van der Waals surface area contributed by atoms with Gasteiger partial charge in [-0.1, -0.05) is 0 Å². The predicted octanol–water partition coefficient (Wildman–Crippen LogP) is 2.70. The first kappa shape index (κ1) is 11.2. The lowest BCUT2D eigenvalue weighted by Gasteiger charge is -2.32. The number of hydrogen-bond acceptors (Lipinski definition) is 4. The van der Waals surface area contributed by atoms with Gasteiger partial charge in [-0.05, 0) is 37.6 Å². The third-order valence-electron chi connectivity index (χ3n) is 2.78. The summed E-state index contributed by atoms with van der Waals surface area (Å²) in [6, 6.07) is 5.91. The maximum atomic E-state index is 12.0. The van der Waals surface area contributed by atoms with E-state index < -0.39 is 5.66 Å². The van der Waals surface area contributed by atoms with Gasteiger partial charge >= 0.3 is 0 Å². The standard InChI is InChI=1S/C13H13N3OS/c1-13(2)15-9-7-10(8-3-5-14-6-4-8)18-11(9)12(17)16-13/h3-7,15H,1-2H3,(H,16,17). The molecule has 1 amide bonds. The van der Waals surface area contributed by atoms with Crippen LogP contribution in [0.15, 0.2) is 30.6 Å². The summed E-state index contributed by atoms with van der Waals surface area (Å²) >= 11 is 1.49. The summed E-state index contributed by atoms with van der Waals surface area (Å²) in [5.41, 5.74) is 1.58. The highest BCUT2D eigenvalue weighted by Gasteiger charge is 2.31. The van der Waals surface area contributed by atoms with Crippen molar-refractivity contribution in [2.45, 2.75) is 19.5 Å². The van der Waals surface area contributed by atoms with Crippen molar-refractivity contribution in [2.75, 3.05) is 5.32 Å². The summed E-state index contributed by atoms with van der Waals surface area (Å²) in [4.78, 5) is 17.8. The lowest BCUT2D eigenvalue weighted by atomic mass is 10.1. The number of nitrogens with zero attached hydrogens (tertiary/aromatic N) is 1. The zero-order chi connectivity index (χ0) is 12.8. The summed E-state index contributed by atoms with van der Waals surface area (Å²) in [5.74, 6) is -0.0148. The molecule has 18 heavy (non-hydrogen) atoms. The number of anilines is 1. The number of thiophene rings is 1. The van der Waals surface area contributed by atoms with E-state index in [0.29, 0.717) is 0 Å². The highest BCUT2D eigenvalue weighted by molar-refractivity contribution is 7.18. The molecule has 1 aliphatic heterocycles. The molecule has 0 unspecified atom stereocenters. The van der Waals surface area contributed by atoms with Gasteiger partial charge in [0.05, 0.1) is 5.69 Å². The molecule has 3 rings (SSSR count). The van der Waals surface area contributed by atoms with E-state index in [9.17, 15) is 4.79 Å². The van der Waals surface area contributed by atoms with Crippen LogP contribution in [0, 0.1) is 0 Å². The molecule has 0 bridgehead atoms. The average Bonchev–Trinajstić information content (AvgIpc) is 2.72. The van der Waals surface area contributed by atoms with Crippen LogP contribution in [-0.2, 0) is 0 Å². The molecule has 0 saturated heterocycles. The van der Waals surface area contributed by atoms with Crippen molar-refractivity contribution in [3.63, 3.8) is 0 Å². The Morgan fingerprint density at radius 3 is 2.67 bits per heavy atom. The quantitative estimate of drug-likeness (QED) is 0.828. The number of aromatic nitrogens is 1. The van der Waals surface area contributed by atoms with E-state index in [1.54, 1.807) is 12.4 Å². The summed E-state index contributed by atoms with van der Waals surface area (Å²) in [5, 5.41) is 6.24. The van der Waals surface area contributed by atoms with Crippen LogP contribution in [0.2, 0.25) is 0 Å². The van der Waals surface area contributed by atoms with Crippen molar-refractivity contribution in [1.29, 1.82) is 0 Å². The Labute approximate surface area is 109 Å². The first-order chi connectivity index (χ1) is 8.55. The van der Waals surface area contributed by atoms with Gasteiger partial charge in [-0.15, -0.1) is 11.3 Å². The first-order valence-corrected chi connectivity index (χ1v) is 6.52. The molecule has 3 heterocycles. The van der Waals surface area contributed by atoms with Crippen molar-refractivity contribution < 1.29 is 4.79 Å². The summed E-state index contributed by atoms with van der Waals surface area (Å²) < 4.78 is 0. The molecule has 0 radical (unpaired) electrons. The van der Waals surface area contributed by atoms with Crippen molar-refractivity contribution >= 4 is 22.9 Å². The number of hydrogen-bond donors (Lipinski definition) is 2. The maximum Gasteiger partial charge on any atom is 0.265 e. The number of carbonyl (C=O) groups excluding carboxylic acids is 1. The maximum absolute atomic E-state index is 12.0. The van der Waals surface area contributed by atoms with Gasteiger partial charge in [0.1, 0.15) is 10.5 Å². The lowest BCUT2D eigenvalue weighted by molar-refractivity contribution is 0.0919. The Balaban J connectivity index is 2.06. The molecule has 0 fully saturated rings. The average molecular weight is 259 g/mol. The Hall–Kier alpha value is -1.88. The minimum absolute atomic E-state index is 0.0148. The van der Waals surface area contributed by atoms with Crippen LogP contribution < -0.4 is 10.6 Å². The molecule has 0 spiro atoms. The van der Waals surface area contributed by atoms with Gasteiger partial charge in [0.2, 0.25) is 0 Å². The number of pyridine rings is 1. The molecule has 1 aliphatic rings. The number of rotatable bonds is 1. The van der Waals surface area contributed by atoms with Crippen molar-refractivity contribution in [3.05, 3.63) is 35.5 Å². The smallest absolute Gasteiger partial charge is 0.265 e. The fourth-order valence-electron chi connectivity index (χ4n) is 2.02. The minimum Gasteiger partial charge on any atom is -0.362 e. The lowest BCUT2D eigenvalue weighted by Crippen LogP contribution is -2.52. The van der Waals surface area contributed by atoms with Gasteiger partial charge in [-0.2, -0.15) is 0 Å². The summed E-state index contributed by atoms with van der Waals surface area (Å²) in [6.45, 7) is 3.88. The largest absolute Gasteiger partial charge is 0.362 e.